The summed E-state index contributed by atoms with van der Waals surface area (Å²) in [5, 5.41) is 14.9. The molecule has 2 heterocycles. The Bertz CT molecular complexity index is 740. The third kappa shape index (κ3) is 2.39. The van der Waals surface area contributed by atoms with Crippen molar-refractivity contribution in [2.75, 3.05) is 5.32 Å². The lowest BCUT2D eigenvalue weighted by molar-refractivity contribution is 1.22. The molecule has 0 atom stereocenters. The molecule has 0 fully saturated rings. The largest absolute Gasteiger partial charge is 0.340 e. The van der Waals surface area contributed by atoms with E-state index in [2.05, 4.69) is 21.4 Å². The smallest absolute Gasteiger partial charge is 0.142 e. The topological polar surface area (TPSA) is 61.6 Å². The molecule has 0 aliphatic rings. The molecule has 0 spiro atoms. The first-order valence-corrected chi connectivity index (χ1v) is 6.66. The standard InChI is InChI=1S/C14H10N4S/c15-7-5-10-1-3-11(4-2-10)18-13-12-6-8-19-14(12)17-9-16-13/h1-4,6,8-9H,5H2,(H,16,17,18). The second-order valence-electron chi connectivity index (χ2n) is 4.02. The van der Waals surface area contributed by atoms with Gasteiger partial charge in [0.15, 0.2) is 0 Å². The van der Waals surface area contributed by atoms with Gasteiger partial charge < -0.3 is 5.32 Å². The van der Waals surface area contributed by atoms with Crippen molar-refractivity contribution in [3.8, 4) is 6.07 Å². The summed E-state index contributed by atoms with van der Waals surface area (Å²) in [4.78, 5) is 9.45. The molecule has 19 heavy (non-hydrogen) atoms. The minimum Gasteiger partial charge on any atom is -0.340 e. The minimum atomic E-state index is 0.433. The van der Waals surface area contributed by atoms with E-state index in [0.717, 1.165) is 27.3 Å². The second kappa shape index (κ2) is 5.04. The number of hydrogen-bond donors (Lipinski definition) is 1. The summed E-state index contributed by atoms with van der Waals surface area (Å²) >= 11 is 1.59. The average Bonchev–Trinajstić information content (AvgIpc) is 2.91. The van der Waals surface area contributed by atoms with Gasteiger partial charge in [0.25, 0.3) is 0 Å². The molecule has 1 N–H and O–H groups in total. The van der Waals surface area contributed by atoms with Crippen molar-refractivity contribution in [3.05, 3.63) is 47.6 Å². The molecule has 5 heteroatoms. The highest BCUT2D eigenvalue weighted by Gasteiger charge is 2.04. The van der Waals surface area contributed by atoms with Gasteiger partial charge in [0.2, 0.25) is 0 Å². The van der Waals surface area contributed by atoms with Gasteiger partial charge in [0.1, 0.15) is 17.0 Å². The maximum Gasteiger partial charge on any atom is 0.142 e. The third-order valence-electron chi connectivity index (χ3n) is 2.76. The Morgan fingerprint density at radius 1 is 1.16 bits per heavy atom. The Morgan fingerprint density at radius 3 is 2.79 bits per heavy atom. The maximum absolute atomic E-state index is 8.64. The molecule has 0 aliphatic carbocycles. The molecule has 0 saturated carbocycles. The van der Waals surface area contributed by atoms with Crippen LogP contribution in [0.1, 0.15) is 5.56 Å². The molecule has 0 amide bonds. The first-order chi connectivity index (χ1) is 9.36. The van der Waals surface area contributed by atoms with Crippen LogP contribution in [0.2, 0.25) is 0 Å². The van der Waals surface area contributed by atoms with Gasteiger partial charge in [0.05, 0.1) is 17.9 Å². The van der Waals surface area contributed by atoms with Crippen LogP contribution in [-0.2, 0) is 6.42 Å². The molecule has 3 aromatic rings. The van der Waals surface area contributed by atoms with Crippen LogP contribution in [0.5, 0.6) is 0 Å². The molecule has 4 nitrogen and oxygen atoms in total. The molecule has 1 aromatic carbocycles. The SMILES string of the molecule is N#CCc1ccc(Nc2ncnc3sccc23)cc1. The van der Waals surface area contributed by atoms with E-state index in [4.69, 9.17) is 5.26 Å². The zero-order chi connectivity index (χ0) is 13.1. The van der Waals surface area contributed by atoms with E-state index in [1.807, 2.05) is 35.7 Å². The number of benzene rings is 1. The summed E-state index contributed by atoms with van der Waals surface area (Å²) in [6.07, 6.45) is 1.99. The van der Waals surface area contributed by atoms with Crippen LogP contribution in [0, 0.1) is 11.3 Å². The van der Waals surface area contributed by atoms with Crippen LogP contribution >= 0.6 is 11.3 Å². The zero-order valence-corrected chi connectivity index (χ0v) is 10.8. The van der Waals surface area contributed by atoms with Crippen LogP contribution in [0.4, 0.5) is 11.5 Å². The van der Waals surface area contributed by atoms with Crippen molar-refractivity contribution in [2.45, 2.75) is 6.42 Å². The zero-order valence-electron chi connectivity index (χ0n) is 10.00. The molecule has 0 bridgehead atoms. The van der Waals surface area contributed by atoms with Crippen LogP contribution in [-0.4, -0.2) is 9.97 Å². The van der Waals surface area contributed by atoms with Gasteiger partial charge >= 0.3 is 0 Å². The Morgan fingerprint density at radius 2 is 2.00 bits per heavy atom. The number of nitrogens with zero attached hydrogens (tertiary/aromatic N) is 3. The van der Waals surface area contributed by atoms with E-state index in [9.17, 15) is 0 Å². The van der Waals surface area contributed by atoms with Crippen LogP contribution in [0.15, 0.2) is 42.0 Å². The summed E-state index contributed by atoms with van der Waals surface area (Å²) < 4.78 is 0. The van der Waals surface area contributed by atoms with E-state index in [1.165, 1.54) is 0 Å². The van der Waals surface area contributed by atoms with Crippen molar-refractivity contribution in [1.29, 1.82) is 5.26 Å². The Balaban J connectivity index is 1.88. The monoisotopic (exact) mass is 266 g/mol. The van der Waals surface area contributed by atoms with E-state index in [1.54, 1.807) is 17.7 Å². The van der Waals surface area contributed by atoms with Gasteiger partial charge in [-0.25, -0.2) is 9.97 Å². The van der Waals surface area contributed by atoms with Crippen molar-refractivity contribution < 1.29 is 0 Å². The molecule has 3 rings (SSSR count). The summed E-state index contributed by atoms with van der Waals surface area (Å²) in [5.74, 6) is 0.805. The van der Waals surface area contributed by atoms with Gasteiger partial charge in [-0.1, -0.05) is 12.1 Å². The summed E-state index contributed by atoms with van der Waals surface area (Å²) in [5.41, 5.74) is 1.96. The molecule has 92 valence electrons. The fourth-order valence-corrected chi connectivity index (χ4v) is 2.56. The lowest BCUT2D eigenvalue weighted by Gasteiger charge is -2.06. The third-order valence-corrected chi connectivity index (χ3v) is 3.58. The number of fused-ring (bicyclic) bond motifs is 1. The highest BCUT2D eigenvalue weighted by Crippen LogP contribution is 2.26. The second-order valence-corrected chi connectivity index (χ2v) is 4.91. The van der Waals surface area contributed by atoms with E-state index < -0.39 is 0 Å². The summed E-state index contributed by atoms with van der Waals surface area (Å²) in [7, 11) is 0. The Labute approximate surface area is 114 Å². The van der Waals surface area contributed by atoms with Gasteiger partial charge in [-0.05, 0) is 29.1 Å². The quantitative estimate of drug-likeness (QED) is 0.788. The molecular weight excluding hydrogens is 256 g/mol. The predicted octanol–water partition coefficient (Wildman–Crippen LogP) is 3.50. The lowest BCUT2D eigenvalue weighted by atomic mass is 10.1. The average molecular weight is 266 g/mol. The van der Waals surface area contributed by atoms with E-state index in [-0.39, 0.29) is 0 Å². The molecule has 0 aliphatic heterocycles. The van der Waals surface area contributed by atoms with Crippen LogP contribution < -0.4 is 5.32 Å². The van der Waals surface area contributed by atoms with Crippen LogP contribution in [0.3, 0.4) is 0 Å². The normalized spacial score (nSPS) is 10.3. The van der Waals surface area contributed by atoms with Gasteiger partial charge in [-0.3, -0.25) is 0 Å². The fraction of sp³-hybridized carbons (Fsp3) is 0.0714. The number of hydrogen-bond acceptors (Lipinski definition) is 5. The van der Waals surface area contributed by atoms with Crippen molar-refractivity contribution >= 4 is 33.1 Å². The van der Waals surface area contributed by atoms with Gasteiger partial charge in [0, 0.05) is 5.69 Å². The maximum atomic E-state index is 8.64. The first-order valence-electron chi connectivity index (χ1n) is 5.78. The van der Waals surface area contributed by atoms with Crippen molar-refractivity contribution in [1.82, 2.24) is 9.97 Å². The number of anilines is 2. The number of nitrogens with one attached hydrogen (secondary N) is 1. The highest BCUT2D eigenvalue weighted by atomic mass is 32.1. The number of rotatable bonds is 3. The lowest BCUT2D eigenvalue weighted by Crippen LogP contribution is -1.94. The van der Waals surface area contributed by atoms with Gasteiger partial charge in [-0.2, -0.15) is 5.26 Å². The Kier molecular flexibility index (Phi) is 3.09. The van der Waals surface area contributed by atoms with Crippen LogP contribution in [0.25, 0.3) is 10.2 Å². The van der Waals surface area contributed by atoms with E-state index >= 15 is 0 Å². The Hall–Kier alpha value is -2.45. The van der Waals surface area contributed by atoms with Crippen molar-refractivity contribution in [2.24, 2.45) is 0 Å². The summed E-state index contributed by atoms with van der Waals surface area (Å²) in [6.45, 7) is 0. The molecule has 0 radical (unpaired) electrons. The molecule has 2 aromatic heterocycles. The van der Waals surface area contributed by atoms with Crippen molar-refractivity contribution in [3.63, 3.8) is 0 Å². The number of aromatic nitrogens is 2. The highest BCUT2D eigenvalue weighted by molar-refractivity contribution is 7.16. The number of thiophene rings is 1. The number of nitriles is 1. The van der Waals surface area contributed by atoms with E-state index in [0.29, 0.717) is 6.42 Å². The first kappa shape index (κ1) is 11.6. The molecule has 0 saturated heterocycles. The minimum absolute atomic E-state index is 0.433. The fourth-order valence-electron chi connectivity index (χ4n) is 1.82. The van der Waals surface area contributed by atoms with Gasteiger partial charge in [-0.15, -0.1) is 11.3 Å². The molecule has 0 unspecified atom stereocenters. The molecular formula is C14H10N4S. The predicted molar refractivity (Wildman–Crippen MR) is 76.5 cm³/mol. The summed E-state index contributed by atoms with van der Waals surface area (Å²) in [6, 6.07) is 11.9.